The molecule has 1 atom stereocenters. The van der Waals surface area contributed by atoms with Gasteiger partial charge < -0.3 is 10.6 Å². The van der Waals surface area contributed by atoms with E-state index in [9.17, 15) is 32.3 Å². The molecule has 1 aliphatic heterocycles. The van der Waals surface area contributed by atoms with E-state index in [4.69, 9.17) is 5.73 Å². The van der Waals surface area contributed by atoms with Gasteiger partial charge in [0.05, 0.1) is 6.17 Å². The highest BCUT2D eigenvalue weighted by molar-refractivity contribution is 6.07. The molecule has 2 spiro atoms. The Morgan fingerprint density at radius 1 is 1.18 bits per heavy atom. The number of aromatic nitrogens is 4. The number of aromatic amines is 1. The molecule has 5 rings (SSSR count). The number of halogens is 3. The first-order valence-corrected chi connectivity index (χ1v) is 13.1. The lowest BCUT2D eigenvalue weighted by atomic mass is 9.51. The molecule has 3 fully saturated rings. The molecule has 0 radical (unpaired) electrons. The van der Waals surface area contributed by atoms with E-state index < -0.39 is 59.1 Å². The number of carbonyl (C=O) groups is 2. The standard InChI is InChI=1S/C24H33F3N8O4/c1-4-5-14(29-2)35-17-15(16(28)30-31-17)18(36)34(21(35)39)13-6-8-22(9-7-13)10-23(11-22)19(37)32(3)20(38)33(23)12-24(25,26)27/h13-14,29H,4-12H2,1-3H3,(H3,28,30,31). The summed E-state index contributed by atoms with van der Waals surface area (Å²) in [6.07, 6.45) is -1.57. The molecule has 12 nitrogen and oxygen atoms in total. The van der Waals surface area contributed by atoms with E-state index in [0.717, 1.165) is 11.3 Å². The third kappa shape index (κ3) is 4.03. The second-order valence-corrected chi connectivity index (χ2v) is 11.2. The van der Waals surface area contributed by atoms with Crippen LogP contribution in [0.4, 0.5) is 23.8 Å². The number of H-pyrrole nitrogens is 1. The molecule has 3 aliphatic rings. The minimum absolute atomic E-state index is 0.0651. The number of fused-ring (bicyclic) bond motifs is 1. The largest absolute Gasteiger partial charge is 0.406 e. The van der Waals surface area contributed by atoms with Crippen LogP contribution in [-0.2, 0) is 4.79 Å². The van der Waals surface area contributed by atoms with Crippen molar-refractivity contribution >= 4 is 28.8 Å². The number of hydrogen-bond acceptors (Lipinski definition) is 7. The van der Waals surface area contributed by atoms with E-state index in [1.54, 1.807) is 7.05 Å². The van der Waals surface area contributed by atoms with Gasteiger partial charge in [-0.3, -0.25) is 34.0 Å². The van der Waals surface area contributed by atoms with E-state index >= 15 is 0 Å². The average Bonchev–Trinajstić information content (AvgIpc) is 3.31. The highest BCUT2D eigenvalue weighted by Gasteiger charge is 2.69. The summed E-state index contributed by atoms with van der Waals surface area (Å²) in [5, 5.41) is 9.97. The Kier molecular flexibility index (Phi) is 6.35. The van der Waals surface area contributed by atoms with Crippen molar-refractivity contribution in [3.63, 3.8) is 0 Å². The van der Waals surface area contributed by atoms with Crippen molar-refractivity contribution in [3.05, 3.63) is 20.8 Å². The van der Waals surface area contributed by atoms with Gasteiger partial charge in [-0.05, 0) is 57.4 Å². The molecular formula is C24H33F3N8O4. The van der Waals surface area contributed by atoms with Gasteiger partial charge in [-0.15, -0.1) is 0 Å². The molecule has 2 aromatic rings. The maximum atomic E-state index is 13.7. The molecule has 39 heavy (non-hydrogen) atoms. The molecule has 3 amide bonds. The Hall–Kier alpha value is -3.36. The first-order chi connectivity index (χ1) is 18.3. The lowest BCUT2D eigenvalue weighted by Crippen LogP contribution is -2.65. The van der Waals surface area contributed by atoms with Gasteiger partial charge in [0.1, 0.15) is 23.3 Å². The Bertz CT molecular complexity index is 1430. The van der Waals surface area contributed by atoms with Crippen LogP contribution in [0.1, 0.15) is 70.5 Å². The first kappa shape index (κ1) is 27.2. The predicted octanol–water partition coefficient (Wildman–Crippen LogP) is 2.08. The van der Waals surface area contributed by atoms with Crippen LogP contribution in [0.5, 0.6) is 0 Å². The molecule has 2 saturated carbocycles. The van der Waals surface area contributed by atoms with Crippen LogP contribution in [0.2, 0.25) is 0 Å². The van der Waals surface area contributed by atoms with Crippen LogP contribution in [0.3, 0.4) is 0 Å². The lowest BCUT2D eigenvalue weighted by Gasteiger charge is -2.58. The van der Waals surface area contributed by atoms with Crippen molar-refractivity contribution in [1.29, 1.82) is 0 Å². The topological polar surface area (TPSA) is 151 Å². The SMILES string of the molecule is CCCC(NC)n1c(=O)n(C2CCC3(CC2)CC2(C3)C(=O)N(C)C(=O)N2CC(F)(F)F)c(=O)c2c(N)[nH]nc21. The monoisotopic (exact) mass is 554 g/mol. The smallest absolute Gasteiger partial charge is 0.383 e. The minimum Gasteiger partial charge on any atom is -0.383 e. The number of alkyl halides is 3. The van der Waals surface area contributed by atoms with E-state index in [1.165, 1.54) is 16.2 Å². The second-order valence-electron chi connectivity index (χ2n) is 11.2. The van der Waals surface area contributed by atoms with Crippen molar-refractivity contribution in [2.75, 3.05) is 26.4 Å². The van der Waals surface area contributed by atoms with E-state index in [0.29, 0.717) is 37.0 Å². The predicted molar refractivity (Wildman–Crippen MR) is 135 cm³/mol. The Morgan fingerprint density at radius 3 is 2.38 bits per heavy atom. The van der Waals surface area contributed by atoms with Crippen molar-refractivity contribution in [1.82, 2.24) is 34.4 Å². The summed E-state index contributed by atoms with van der Waals surface area (Å²) < 4.78 is 42.4. The average molecular weight is 555 g/mol. The molecule has 0 aromatic carbocycles. The zero-order chi connectivity index (χ0) is 28.5. The van der Waals surface area contributed by atoms with E-state index in [-0.39, 0.29) is 29.7 Å². The van der Waals surface area contributed by atoms with E-state index in [1.807, 2.05) is 6.92 Å². The zero-order valence-corrected chi connectivity index (χ0v) is 22.1. The fourth-order valence-corrected chi connectivity index (χ4v) is 7.06. The molecule has 214 valence electrons. The van der Waals surface area contributed by atoms with Gasteiger partial charge in [0.2, 0.25) is 0 Å². The summed E-state index contributed by atoms with van der Waals surface area (Å²) in [6.45, 7) is 0.496. The van der Waals surface area contributed by atoms with Crippen molar-refractivity contribution in [2.24, 2.45) is 5.41 Å². The van der Waals surface area contributed by atoms with Gasteiger partial charge >= 0.3 is 17.9 Å². The fourth-order valence-electron chi connectivity index (χ4n) is 7.06. The summed E-state index contributed by atoms with van der Waals surface area (Å²) in [4.78, 5) is 54.0. The Balaban J connectivity index is 1.43. The number of anilines is 1. The number of imide groups is 1. The number of carbonyl (C=O) groups excluding carboxylic acids is 2. The molecule has 2 aliphatic carbocycles. The maximum absolute atomic E-state index is 13.7. The van der Waals surface area contributed by atoms with Gasteiger partial charge in [-0.25, -0.2) is 9.59 Å². The third-order valence-electron chi connectivity index (χ3n) is 8.85. The minimum atomic E-state index is -4.63. The number of likely N-dealkylation sites (N-methyl/N-ethyl adjacent to an activating group) is 1. The molecule has 2 aromatic heterocycles. The normalized spacial score (nSPS) is 28.2. The van der Waals surface area contributed by atoms with Crippen LogP contribution in [-0.4, -0.2) is 73.4 Å². The van der Waals surface area contributed by atoms with Crippen LogP contribution >= 0.6 is 0 Å². The summed E-state index contributed by atoms with van der Waals surface area (Å²) in [5.74, 6) is -0.547. The number of urea groups is 1. The van der Waals surface area contributed by atoms with E-state index in [2.05, 4.69) is 15.5 Å². The second kappa shape index (κ2) is 9.10. The molecule has 3 heterocycles. The quantitative estimate of drug-likeness (QED) is 0.463. The van der Waals surface area contributed by atoms with Gasteiger partial charge in [-0.2, -0.15) is 18.3 Å². The summed E-state index contributed by atoms with van der Waals surface area (Å²) in [5.41, 5.74) is 3.22. The highest BCUT2D eigenvalue weighted by atomic mass is 19.4. The summed E-state index contributed by atoms with van der Waals surface area (Å²) >= 11 is 0. The van der Waals surface area contributed by atoms with Gasteiger partial charge in [0.15, 0.2) is 5.65 Å². The van der Waals surface area contributed by atoms with Gasteiger partial charge in [0.25, 0.3) is 11.5 Å². The summed E-state index contributed by atoms with van der Waals surface area (Å²) in [7, 11) is 2.92. The number of amides is 3. The van der Waals surface area contributed by atoms with Crippen molar-refractivity contribution in [2.45, 2.75) is 82.2 Å². The maximum Gasteiger partial charge on any atom is 0.406 e. The number of rotatable bonds is 6. The molecule has 1 unspecified atom stereocenters. The molecular weight excluding hydrogens is 521 g/mol. The van der Waals surface area contributed by atoms with Gasteiger partial charge in [-0.1, -0.05) is 13.3 Å². The lowest BCUT2D eigenvalue weighted by molar-refractivity contribution is -0.173. The number of nitrogens with one attached hydrogen (secondary N) is 2. The number of nitrogens with two attached hydrogens (primary N) is 1. The third-order valence-corrected chi connectivity index (χ3v) is 8.85. The number of nitrogens with zero attached hydrogens (tertiary/aromatic N) is 5. The van der Waals surface area contributed by atoms with Crippen LogP contribution in [0.15, 0.2) is 9.59 Å². The number of hydrogen-bond donors (Lipinski definition) is 3. The fraction of sp³-hybridized carbons (Fsp3) is 0.708. The molecule has 15 heteroatoms. The van der Waals surface area contributed by atoms with Crippen molar-refractivity contribution < 1.29 is 22.8 Å². The Morgan fingerprint density at radius 2 is 1.82 bits per heavy atom. The number of nitrogen functional groups attached to an aromatic ring is 1. The molecule has 4 N–H and O–H groups in total. The molecule has 1 saturated heterocycles. The van der Waals surface area contributed by atoms with Crippen LogP contribution < -0.4 is 22.3 Å². The van der Waals surface area contributed by atoms with Crippen LogP contribution in [0.25, 0.3) is 11.0 Å². The van der Waals surface area contributed by atoms with Crippen LogP contribution in [0, 0.1) is 5.41 Å². The molecule has 0 bridgehead atoms. The summed E-state index contributed by atoms with van der Waals surface area (Å²) in [6, 6.07) is -1.39. The van der Waals surface area contributed by atoms with Gasteiger partial charge in [0, 0.05) is 13.1 Å². The Labute approximate surface area is 221 Å². The van der Waals surface area contributed by atoms with Crippen molar-refractivity contribution in [3.8, 4) is 0 Å². The highest BCUT2D eigenvalue weighted by Crippen LogP contribution is 2.62. The first-order valence-electron chi connectivity index (χ1n) is 13.1. The zero-order valence-electron chi connectivity index (χ0n) is 22.1.